The second-order valence-electron chi connectivity index (χ2n) is 8.55. The van der Waals surface area contributed by atoms with E-state index in [1.54, 1.807) is 6.07 Å². The highest BCUT2D eigenvalue weighted by Crippen LogP contribution is 2.45. The molecule has 172 valence electrons. The minimum absolute atomic E-state index is 0.0786. The number of carboxylic acid groups (broad SMARTS) is 1. The average Bonchev–Trinajstić information content (AvgIpc) is 2.93. The molecule has 1 aromatic carbocycles. The Balaban J connectivity index is 0.000000423. The van der Waals surface area contributed by atoms with E-state index in [0.717, 1.165) is 43.6 Å². The van der Waals surface area contributed by atoms with Crippen LogP contribution >= 0.6 is 0 Å². The fraction of sp³-hybridized carbons (Fsp3) is 0.550. The highest BCUT2D eigenvalue weighted by Gasteiger charge is 2.46. The van der Waals surface area contributed by atoms with Gasteiger partial charge in [0, 0.05) is 16.5 Å². The number of alkyl halides is 3. The van der Waals surface area contributed by atoms with Gasteiger partial charge in [0.2, 0.25) is 5.91 Å². The predicted molar refractivity (Wildman–Crippen MR) is 111 cm³/mol. The number of benzene rings is 1. The van der Waals surface area contributed by atoms with E-state index in [4.69, 9.17) is 15.6 Å². The van der Waals surface area contributed by atoms with Crippen LogP contribution in [-0.4, -0.2) is 51.3 Å². The Kier molecular flexibility index (Phi) is 7.44. The molecule has 0 bridgehead atoms. The fourth-order valence-corrected chi connectivity index (χ4v) is 4.25. The largest absolute Gasteiger partial charge is 0.591 e. The molecule has 0 saturated carbocycles. The van der Waals surface area contributed by atoms with Crippen molar-refractivity contribution in [3.8, 4) is 0 Å². The maximum atomic E-state index is 12.7. The highest BCUT2D eigenvalue weighted by molar-refractivity contribution is 7.91. The zero-order chi connectivity index (χ0) is 23.6. The van der Waals surface area contributed by atoms with E-state index in [1.165, 1.54) is 5.56 Å². The van der Waals surface area contributed by atoms with Crippen molar-refractivity contribution < 1.29 is 32.4 Å². The Hall–Kier alpha value is -2.11. The summed E-state index contributed by atoms with van der Waals surface area (Å²) in [5, 5.41) is 10.5. The first-order valence-electron chi connectivity index (χ1n) is 9.62. The number of hydrogen-bond donors (Lipinski definition) is 3. The molecule has 3 rings (SSSR count). The van der Waals surface area contributed by atoms with Gasteiger partial charge >= 0.3 is 12.1 Å². The van der Waals surface area contributed by atoms with Gasteiger partial charge in [0.25, 0.3) is 0 Å². The molecule has 1 fully saturated rings. The minimum Gasteiger partial charge on any atom is -0.591 e. The number of fused-ring (bicyclic) bond motifs is 1. The molecule has 1 amide bonds. The average molecular weight is 462 g/mol. The fourth-order valence-electron chi connectivity index (χ4n) is 3.52. The molecule has 1 spiro atoms. The first-order chi connectivity index (χ1) is 14.2. The van der Waals surface area contributed by atoms with E-state index in [-0.39, 0.29) is 5.41 Å². The lowest BCUT2D eigenvalue weighted by Crippen LogP contribution is -2.42. The standard InChI is InChI=1S/C18H25N3O2S.C2HF3O2/c1-17(2,3)24(23)21-15-14-10-12(16(19)22)4-5-13(14)11-18(15)6-8-20-9-7-18;3-2(4,5)1(6)7/h4-5,10,20H,6-9,11H2,1-3H3,(H2,19,22);(H,6,7)/t24-;/m1./s1. The van der Waals surface area contributed by atoms with Crippen molar-refractivity contribution in [1.82, 2.24) is 5.32 Å². The van der Waals surface area contributed by atoms with Gasteiger partial charge in [0.05, 0.1) is 0 Å². The molecule has 0 radical (unpaired) electrons. The molecule has 7 nitrogen and oxygen atoms in total. The van der Waals surface area contributed by atoms with Gasteiger partial charge in [-0.15, -0.1) is 0 Å². The number of nitrogens with one attached hydrogen (secondary N) is 1. The molecule has 1 atom stereocenters. The Morgan fingerprint density at radius 3 is 2.23 bits per heavy atom. The molecule has 1 heterocycles. The molecule has 0 unspecified atom stereocenters. The lowest BCUT2D eigenvalue weighted by molar-refractivity contribution is -0.192. The molecular weight excluding hydrogens is 435 g/mol. The highest BCUT2D eigenvalue weighted by atomic mass is 32.2. The SMILES string of the molecule is CC(C)(C)[S@@+]([O-])N=C1c2cc(C(N)=O)ccc2CC12CCNCC2.O=C(O)C(F)(F)F. The van der Waals surface area contributed by atoms with E-state index in [1.807, 2.05) is 32.9 Å². The van der Waals surface area contributed by atoms with Gasteiger partial charge in [-0.2, -0.15) is 13.2 Å². The summed E-state index contributed by atoms with van der Waals surface area (Å²) in [5.74, 6) is -3.20. The topological polar surface area (TPSA) is 128 Å². The van der Waals surface area contributed by atoms with Crippen molar-refractivity contribution in [3.05, 3.63) is 34.9 Å². The number of carboxylic acids is 1. The summed E-state index contributed by atoms with van der Waals surface area (Å²) >= 11 is -1.33. The van der Waals surface area contributed by atoms with Gasteiger partial charge in [-0.25, -0.2) is 4.79 Å². The maximum Gasteiger partial charge on any atom is 0.490 e. The smallest absolute Gasteiger partial charge is 0.490 e. The van der Waals surface area contributed by atoms with Gasteiger partial charge in [0.1, 0.15) is 21.8 Å². The number of carbonyl (C=O) groups is 2. The first-order valence-corrected chi connectivity index (χ1v) is 10.7. The Morgan fingerprint density at radius 2 is 1.77 bits per heavy atom. The number of amides is 1. The number of halogens is 3. The van der Waals surface area contributed by atoms with Crippen LogP contribution in [-0.2, 0) is 22.6 Å². The Morgan fingerprint density at radius 1 is 1.23 bits per heavy atom. The molecule has 1 aliphatic carbocycles. The lowest BCUT2D eigenvalue weighted by Gasteiger charge is -2.34. The lowest BCUT2D eigenvalue weighted by atomic mass is 9.75. The van der Waals surface area contributed by atoms with Crippen LogP contribution in [0.1, 0.15) is 55.1 Å². The molecule has 1 aliphatic heterocycles. The molecular formula is C20H26F3N3O4S. The van der Waals surface area contributed by atoms with Crippen LogP contribution in [0.25, 0.3) is 0 Å². The van der Waals surface area contributed by atoms with Crippen molar-refractivity contribution in [2.24, 2.45) is 15.5 Å². The number of rotatable bonds is 2. The monoisotopic (exact) mass is 461 g/mol. The van der Waals surface area contributed by atoms with Crippen LogP contribution in [0.3, 0.4) is 0 Å². The zero-order valence-corrected chi connectivity index (χ0v) is 18.3. The molecule has 2 aliphatic rings. The van der Waals surface area contributed by atoms with E-state index in [9.17, 15) is 22.5 Å². The third-order valence-electron chi connectivity index (χ3n) is 5.18. The molecule has 1 saturated heterocycles. The van der Waals surface area contributed by atoms with Crippen molar-refractivity contribution in [3.63, 3.8) is 0 Å². The number of primary amides is 1. The van der Waals surface area contributed by atoms with Crippen LogP contribution in [0.5, 0.6) is 0 Å². The molecule has 31 heavy (non-hydrogen) atoms. The van der Waals surface area contributed by atoms with Crippen molar-refractivity contribution in [1.29, 1.82) is 0 Å². The Labute approximate surface area is 181 Å². The third kappa shape index (κ3) is 5.98. The van der Waals surface area contributed by atoms with Crippen LogP contribution in [0.4, 0.5) is 13.2 Å². The van der Waals surface area contributed by atoms with Gasteiger partial charge in [-0.1, -0.05) is 10.5 Å². The van der Waals surface area contributed by atoms with Crippen molar-refractivity contribution in [2.75, 3.05) is 13.1 Å². The predicted octanol–water partition coefficient (Wildman–Crippen LogP) is 2.60. The van der Waals surface area contributed by atoms with Crippen molar-refractivity contribution in [2.45, 2.75) is 51.0 Å². The van der Waals surface area contributed by atoms with Gasteiger partial charge in [0.15, 0.2) is 0 Å². The summed E-state index contributed by atoms with van der Waals surface area (Å²) in [6.45, 7) is 7.64. The summed E-state index contributed by atoms with van der Waals surface area (Å²) in [4.78, 5) is 20.5. The second kappa shape index (κ2) is 9.17. The molecule has 11 heteroatoms. The van der Waals surface area contributed by atoms with Gasteiger partial charge in [-0.05, 0) is 70.8 Å². The van der Waals surface area contributed by atoms with Crippen LogP contribution in [0.15, 0.2) is 22.6 Å². The second-order valence-corrected chi connectivity index (χ2v) is 10.5. The van der Waals surface area contributed by atoms with Gasteiger partial charge in [-0.3, -0.25) is 4.79 Å². The van der Waals surface area contributed by atoms with Crippen LogP contribution in [0, 0.1) is 5.41 Å². The van der Waals surface area contributed by atoms with Gasteiger partial charge < -0.3 is 20.7 Å². The van der Waals surface area contributed by atoms with Crippen molar-refractivity contribution >= 4 is 29.0 Å². The summed E-state index contributed by atoms with van der Waals surface area (Å²) in [5.41, 5.74) is 8.87. The first kappa shape index (κ1) is 25.2. The summed E-state index contributed by atoms with van der Waals surface area (Å²) in [6.07, 6.45) is -2.26. The van der Waals surface area contributed by atoms with Crippen LogP contribution in [0.2, 0.25) is 0 Å². The molecule has 0 aromatic heterocycles. The number of hydrogen-bond acceptors (Lipinski definition) is 5. The number of nitrogens with two attached hydrogens (primary N) is 1. The molecule has 4 N–H and O–H groups in total. The van der Waals surface area contributed by atoms with E-state index < -0.39 is 34.2 Å². The third-order valence-corrected chi connectivity index (χ3v) is 6.58. The van der Waals surface area contributed by atoms with E-state index in [0.29, 0.717) is 5.56 Å². The minimum atomic E-state index is -5.08. The van der Waals surface area contributed by atoms with Crippen LogP contribution < -0.4 is 11.1 Å². The summed E-state index contributed by atoms with van der Waals surface area (Å²) in [6, 6.07) is 5.58. The maximum absolute atomic E-state index is 12.7. The van der Waals surface area contributed by atoms with E-state index in [2.05, 4.69) is 9.71 Å². The summed E-state index contributed by atoms with van der Waals surface area (Å²) < 4.78 is 48.7. The zero-order valence-electron chi connectivity index (χ0n) is 17.5. The number of carbonyl (C=O) groups excluding carboxylic acids is 1. The number of nitrogens with zero attached hydrogens (tertiary/aromatic N) is 1. The quantitative estimate of drug-likeness (QED) is 0.584. The molecule has 1 aromatic rings. The number of piperidine rings is 1. The van der Waals surface area contributed by atoms with E-state index >= 15 is 0 Å². The normalized spacial score (nSPS) is 20.0. The summed E-state index contributed by atoms with van der Waals surface area (Å²) in [7, 11) is 0. The number of aliphatic carboxylic acids is 1. The Bertz CT molecular complexity index is 875.